The Morgan fingerprint density at radius 3 is 2.60 bits per heavy atom. The summed E-state index contributed by atoms with van der Waals surface area (Å²) in [7, 11) is 0. The van der Waals surface area contributed by atoms with Crippen molar-refractivity contribution in [2.24, 2.45) is 0 Å². The van der Waals surface area contributed by atoms with Gasteiger partial charge in [0, 0.05) is 18.5 Å². The molecule has 0 radical (unpaired) electrons. The van der Waals surface area contributed by atoms with Gasteiger partial charge in [-0.1, -0.05) is 25.0 Å². The summed E-state index contributed by atoms with van der Waals surface area (Å²) >= 11 is 0. The molecule has 0 aliphatic carbocycles. The van der Waals surface area contributed by atoms with Crippen molar-refractivity contribution in [3.8, 4) is 0 Å². The highest BCUT2D eigenvalue weighted by atomic mass is 16.2. The van der Waals surface area contributed by atoms with Crippen molar-refractivity contribution < 1.29 is 9.59 Å². The van der Waals surface area contributed by atoms with Crippen molar-refractivity contribution >= 4 is 11.7 Å². The van der Waals surface area contributed by atoms with Gasteiger partial charge in [-0.15, -0.1) is 0 Å². The van der Waals surface area contributed by atoms with Gasteiger partial charge in [0.2, 0.25) is 5.91 Å². The lowest BCUT2D eigenvalue weighted by molar-refractivity contribution is -0.131. The molecule has 1 aromatic rings. The Morgan fingerprint density at radius 2 is 1.85 bits per heavy atom. The largest absolute Gasteiger partial charge is 0.335 e. The molecule has 0 aromatic heterocycles. The second-order valence-corrected chi connectivity index (χ2v) is 5.70. The Kier molecular flexibility index (Phi) is 4.94. The molecule has 1 fully saturated rings. The van der Waals surface area contributed by atoms with E-state index in [1.54, 1.807) is 4.90 Å². The number of likely N-dealkylation sites (tertiary alicyclic amines) is 1. The summed E-state index contributed by atoms with van der Waals surface area (Å²) in [6.07, 6.45) is 4.83. The van der Waals surface area contributed by atoms with Gasteiger partial charge >= 0.3 is 0 Å². The summed E-state index contributed by atoms with van der Waals surface area (Å²) in [6, 6.07) is 5.75. The zero-order valence-electron chi connectivity index (χ0n) is 12.4. The number of benzene rings is 1. The van der Waals surface area contributed by atoms with Crippen molar-refractivity contribution in [2.45, 2.75) is 46.0 Å². The first kappa shape index (κ1) is 14.8. The number of Topliss-reactive ketones (excluding diaryl/α,β-unsaturated/α-hetero) is 1. The van der Waals surface area contributed by atoms with E-state index in [4.69, 9.17) is 0 Å². The number of carbonyl (C=O) groups excluding carboxylic acids is 2. The molecule has 20 heavy (non-hydrogen) atoms. The lowest BCUT2D eigenvalue weighted by Crippen LogP contribution is -2.37. The average Bonchev–Trinajstić information content (AvgIpc) is 2.41. The van der Waals surface area contributed by atoms with Gasteiger partial charge in [-0.25, -0.2) is 0 Å². The molecular weight excluding hydrogens is 250 g/mol. The van der Waals surface area contributed by atoms with Gasteiger partial charge in [0.1, 0.15) is 0 Å². The third-order valence-corrected chi connectivity index (χ3v) is 4.08. The zero-order chi connectivity index (χ0) is 14.5. The lowest BCUT2D eigenvalue weighted by atomic mass is 10.0. The predicted octanol–water partition coefficient (Wildman–Crippen LogP) is 3.28. The van der Waals surface area contributed by atoms with E-state index in [2.05, 4.69) is 0 Å². The van der Waals surface area contributed by atoms with Crippen LogP contribution in [0.2, 0.25) is 0 Å². The van der Waals surface area contributed by atoms with E-state index >= 15 is 0 Å². The van der Waals surface area contributed by atoms with Crippen LogP contribution in [0, 0.1) is 13.8 Å². The first-order valence-corrected chi connectivity index (χ1v) is 7.46. The zero-order valence-corrected chi connectivity index (χ0v) is 12.4. The maximum absolute atomic E-state index is 12.3. The standard InChI is InChI=1S/C17H23NO2/c1-13-8-9-15(11-14(13)2)16(19)12-18-10-6-4-3-5-7-17(18)20/h8-9,11H,3-7,10,12H2,1-2H3. The molecule has 0 spiro atoms. The van der Waals surface area contributed by atoms with Gasteiger partial charge < -0.3 is 4.90 Å². The van der Waals surface area contributed by atoms with Crippen LogP contribution in [0.3, 0.4) is 0 Å². The van der Waals surface area contributed by atoms with Crippen LogP contribution in [-0.4, -0.2) is 29.7 Å². The fourth-order valence-electron chi connectivity index (χ4n) is 2.56. The van der Waals surface area contributed by atoms with Crippen molar-refractivity contribution in [1.82, 2.24) is 4.90 Å². The molecule has 1 saturated heterocycles. The fraction of sp³-hybridized carbons (Fsp3) is 0.529. The summed E-state index contributed by atoms with van der Waals surface area (Å²) in [5.74, 6) is 0.170. The number of ketones is 1. The van der Waals surface area contributed by atoms with Crippen molar-refractivity contribution in [1.29, 1.82) is 0 Å². The van der Waals surface area contributed by atoms with Crippen molar-refractivity contribution in [2.75, 3.05) is 13.1 Å². The summed E-state index contributed by atoms with van der Waals surface area (Å²) in [5.41, 5.74) is 3.02. The van der Waals surface area contributed by atoms with Gasteiger partial charge in [0.25, 0.3) is 0 Å². The van der Waals surface area contributed by atoms with Crippen LogP contribution in [0.25, 0.3) is 0 Å². The van der Waals surface area contributed by atoms with Gasteiger partial charge in [0.15, 0.2) is 5.78 Å². The number of rotatable bonds is 3. The first-order valence-electron chi connectivity index (χ1n) is 7.46. The normalized spacial score (nSPS) is 16.7. The topological polar surface area (TPSA) is 37.4 Å². The maximum atomic E-state index is 12.3. The molecule has 1 aliphatic heterocycles. The number of hydrogen-bond donors (Lipinski definition) is 0. The molecule has 0 atom stereocenters. The Labute approximate surface area is 121 Å². The monoisotopic (exact) mass is 273 g/mol. The number of amides is 1. The Balaban J connectivity index is 2.05. The van der Waals surface area contributed by atoms with Crippen LogP contribution in [0.5, 0.6) is 0 Å². The van der Waals surface area contributed by atoms with Crippen LogP contribution in [-0.2, 0) is 4.79 Å². The molecule has 3 heteroatoms. The van der Waals surface area contributed by atoms with Gasteiger partial charge in [0.05, 0.1) is 6.54 Å². The third kappa shape index (κ3) is 3.69. The molecule has 2 rings (SSSR count). The van der Waals surface area contributed by atoms with E-state index < -0.39 is 0 Å². The van der Waals surface area contributed by atoms with E-state index in [0.717, 1.165) is 37.8 Å². The summed E-state index contributed by atoms with van der Waals surface area (Å²) in [4.78, 5) is 26.1. The highest BCUT2D eigenvalue weighted by Crippen LogP contribution is 2.14. The molecule has 1 aliphatic rings. The molecule has 0 unspecified atom stereocenters. The van der Waals surface area contributed by atoms with Crippen LogP contribution < -0.4 is 0 Å². The van der Waals surface area contributed by atoms with Crippen LogP contribution in [0.1, 0.15) is 53.6 Å². The predicted molar refractivity (Wildman–Crippen MR) is 79.9 cm³/mol. The highest BCUT2D eigenvalue weighted by Gasteiger charge is 2.19. The maximum Gasteiger partial charge on any atom is 0.222 e. The fourth-order valence-corrected chi connectivity index (χ4v) is 2.56. The molecular formula is C17H23NO2. The van der Waals surface area contributed by atoms with E-state index in [1.165, 1.54) is 5.56 Å². The summed E-state index contributed by atoms with van der Waals surface area (Å²) in [5, 5.41) is 0. The van der Waals surface area contributed by atoms with E-state index in [0.29, 0.717) is 12.0 Å². The first-order chi connectivity index (χ1) is 9.58. The molecule has 0 N–H and O–H groups in total. The number of hydrogen-bond acceptors (Lipinski definition) is 2. The minimum Gasteiger partial charge on any atom is -0.335 e. The SMILES string of the molecule is Cc1ccc(C(=O)CN2CCCCCCC2=O)cc1C. The molecule has 0 bridgehead atoms. The van der Waals surface area contributed by atoms with Crippen molar-refractivity contribution in [3.05, 3.63) is 34.9 Å². The third-order valence-electron chi connectivity index (χ3n) is 4.08. The average molecular weight is 273 g/mol. The van der Waals surface area contributed by atoms with Crippen LogP contribution in [0.15, 0.2) is 18.2 Å². The molecule has 3 nitrogen and oxygen atoms in total. The molecule has 1 heterocycles. The molecule has 0 saturated carbocycles. The minimum atomic E-state index is 0.0435. The van der Waals surface area contributed by atoms with Gasteiger partial charge in [-0.2, -0.15) is 0 Å². The second-order valence-electron chi connectivity index (χ2n) is 5.70. The van der Waals surface area contributed by atoms with E-state index in [-0.39, 0.29) is 18.2 Å². The van der Waals surface area contributed by atoms with Gasteiger partial charge in [-0.05, 0) is 43.9 Å². The van der Waals surface area contributed by atoms with E-state index in [9.17, 15) is 9.59 Å². The molecule has 1 aromatic carbocycles. The van der Waals surface area contributed by atoms with Crippen molar-refractivity contribution in [3.63, 3.8) is 0 Å². The quantitative estimate of drug-likeness (QED) is 0.793. The second kappa shape index (κ2) is 6.69. The summed E-state index contributed by atoms with van der Waals surface area (Å²) < 4.78 is 0. The highest BCUT2D eigenvalue weighted by molar-refractivity contribution is 5.99. The summed E-state index contributed by atoms with van der Waals surface area (Å²) in [6.45, 7) is 4.98. The smallest absolute Gasteiger partial charge is 0.222 e. The Hall–Kier alpha value is -1.64. The lowest BCUT2D eigenvalue weighted by Gasteiger charge is -2.24. The number of carbonyl (C=O) groups is 2. The van der Waals surface area contributed by atoms with E-state index in [1.807, 2.05) is 32.0 Å². The Bertz CT molecular complexity index is 508. The van der Waals surface area contributed by atoms with Crippen LogP contribution in [0.4, 0.5) is 0 Å². The minimum absolute atomic E-state index is 0.0435. The molecule has 1 amide bonds. The van der Waals surface area contributed by atoms with Gasteiger partial charge in [-0.3, -0.25) is 9.59 Å². The number of nitrogens with zero attached hydrogens (tertiary/aromatic N) is 1. The Morgan fingerprint density at radius 1 is 1.10 bits per heavy atom. The van der Waals surface area contributed by atoms with Crippen LogP contribution >= 0.6 is 0 Å². The molecule has 108 valence electrons. The number of aryl methyl sites for hydroxylation is 2.